The van der Waals surface area contributed by atoms with E-state index in [0.717, 1.165) is 66.6 Å². The van der Waals surface area contributed by atoms with E-state index in [0.29, 0.717) is 18.9 Å². The number of amides is 1. The molecule has 1 amide bonds. The van der Waals surface area contributed by atoms with E-state index in [1.54, 1.807) is 0 Å². The molecule has 2 aliphatic heterocycles. The van der Waals surface area contributed by atoms with E-state index in [9.17, 15) is 4.79 Å². The quantitative estimate of drug-likeness (QED) is 0.879. The molecule has 0 bridgehead atoms. The van der Waals surface area contributed by atoms with Gasteiger partial charge in [-0.15, -0.1) is 0 Å². The molecule has 0 aliphatic carbocycles. The maximum absolute atomic E-state index is 12.6. The van der Waals surface area contributed by atoms with Crippen LogP contribution in [0, 0.1) is 0 Å². The van der Waals surface area contributed by atoms with Crippen molar-refractivity contribution in [2.45, 2.75) is 44.6 Å². The lowest BCUT2D eigenvalue weighted by Gasteiger charge is -2.29. The summed E-state index contributed by atoms with van der Waals surface area (Å²) in [6, 6.07) is 7.71. The number of halogens is 1. The summed E-state index contributed by atoms with van der Waals surface area (Å²) >= 11 is 5.91. The van der Waals surface area contributed by atoms with Crippen LogP contribution in [0.5, 0.6) is 0 Å². The number of hydrogen-bond acceptors (Lipinski definition) is 4. The number of fused-ring (bicyclic) bond motifs is 1. The normalized spacial score (nSPS) is 19.6. The minimum absolute atomic E-state index is 0.191. The Morgan fingerprint density at radius 3 is 2.93 bits per heavy atom. The number of rotatable bonds is 4. The molecule has 6 heteroatoms. The van der Waals surface area contributed by atoms with E-state index in [4.69, 9.17) is 16.6 Å². The van der Waals surface area contributed by atoms with E-state index < -0.39 is 0 Å². The number of benzene rings is 1. The van der Waals surface area contributed by atoms with E-state index in [-0.39, 0.29) is 5.91 Å². The first-order valence-electron chi connectivity index (χ1n) is 9.76. The van der Waals surface area contributed by atoms with Crippen molar-refractivity contribution in [1.82, 2.24) is 20.2 Å². The standard InChI is InChI=1S/C21H25ClN4O/c22-18-6-3-15(4-7-18)5-8-20(27)26-11-9-19-17(14-26)13-24-21(25-19)16-2-1-10-23-12-16/h3-4,6-7,13,16,23H,1-2,5,8-12,14H2/t16-/m0/s1. The molecule has 1 aromatic heterocycles. The second kappa shape index (κ2) is 8.36. The highest BCUT2D eigenvalue weighted by Crippen LogP contribution is 2.23. The monoisotopic (exact) mass is 384 g/mol. The van der Waals surface area contributed by atoms with Crippen LogP contribution in [-0.4, -0.2) is 40.4 Å². The van der Waals surface area contributed by atoms with E-state index in [1.807, 2.05) is 35.4 Å². The maximum atomic E-state index is 12.6. The van der Waals surface area contributed by atoms with Gasteiger partial charge >= 0.3 is 0 Å². The molecule has 3 heterocycles. The predicted octanol–water partition coefficient (Wildman–Crippen LogP) is 3.11. The number of aryl methyl sites for hydroxylation is 1. The summed E-state index contributed by atoms with van der Waals surface area (Å²) in [5.41, 5.74) is 3.35. The summed E-state index contributed by atoms with van der Waals surface area (Å²) in [4.78, 5) is 24.0. The van der Waals surface area contributed by atoms with Crippen LogP contribution in [0.1, 0.15) is 47.8 Å². The van der Waals surface area contributed by atoms with Crippen molar-refractivity contribution in [3.05, 3.63) is 58.1 Å². The molecule has 0 unspecified atom stereocenters. The molecule has 4 rings (SSSR count). The fourth-order valence-electron chi connectivity index (χ4n) is 3.87. The van der Waals surface area contributed by atoms with Crippen LogP contribution in [0.15, 0.2) is 30.5 Å². The predicted molar refractivity (Wildman–Crippen MR) is 106 cm³/mol. The first kappa shape index (κ1) is 18.4. The molecular weight excluding hydrogens is 360 g/mol. The molecule has 1 fully saturated rings. The van der Waals surface area contributed by atoms with Crippen molar-refractivity contribution >= 4 is 17.5 Å². The fraction of sp³-hybridized carbons (Fsp3) is 0.476. The molecule has 5 nitrogen and oxygen atoms in total. The molecule has 0 radical (unpaired) electrons. The largest absolute Gasteiger partial charge is 0.338 e. The van der Waals surface area contributed by atoms with Gasteiger partial charge in [-0.1, -0.05) is 23.7 Å². The van der Waals surface area contributed by atoms with Gasteiger partial charge in [-0.3, -0.25) is 4.79 Å². The number of carbonyl (C=O) groups excluding carboxylic acids is 1. The molecular formula is C21H25ClN4O. The van der Waals surface area contributed by atoms with Crippen LogP contribution in [0.4, 0.5) is 0 Å². The number of carbonyl (C=O) groups is 1. The molecule has 27 heavy (non-hydrogen) atoms. The Labute approximate surface area is 165 Å². The van der Waals surface area contributed by atoms with Crippen LogP contribution in [0.25, 0.3) is 0 Å². The smallest absolute Gasteiger partial charge is 0.223 e. The van der Waals surface area contributed by atoms with E-state index >= 15 is 0 Å². The second-order valence-corrected chi connectivity index (χ2v) is 7.87. The summed E-state index contributed by atoms with van der Waals surface area (Å²) in [6.45, 7) is 3.42. The topological polar surface area (TPSA) is 58.1 Å². The van der Waals surface area contributed by atoms with Gasteiger partial charge in [0.15, 0.2) is 0 Å². The fourth-order valence-corrected chi connectivity index (χ4v) is 4.00. The Morgan fingerprint density at radius 2 is 2.15 bits per heavy atom. The van der Waals surface area contributed by atoms with Crippen LogP contribution in [0.3, 0.4) is 0 Å². The highest BCUT2D eigenvalue weighted by Gasteiger charge is 2.24. The lowest BCUT2D eigenvalue weighted by Crippen LogP contribution is -2.37. The van der Waals surface area contributed by atoms with Crippen molar-refractivity contribution in [2.75, 3.05) is 19.6 Å². The van der Waals surface area contributed by atoms with E-state index in [2.05, 4.69) is 10.3 Å². The second-order valence-electron chi connectivity index (χ2n) is 7.44. The molecule has 1 saturated heterocycles. The Hall–Kier alpha value is -1.98. The zero-order valence-corrected chi connectivity index (χ0v) is 16.2. The third-order valence-electron chi connectivity index (χ3n) is 5.51. The SMILES string of the molecule is O=C(CCc1ccc(Cl)cc1)N1CCc2nc([C@H]3CCCNC3)ncc2C1. The van der Waals surface area contributed by atoms with Crippen molar-refractivity contribution in [3.63, 3.8) is 0 Å². The third kappa shape index (κ3) is 4.47. The average molecular weight is 385 g/mol. The Morgan fingerprint density at radius 1 is 1.30 bits per heavy atom. The summed E-state index contributed by atoms with van der Waals surface area (Å²) in [5, 5.41) is 4.15. The van der Waals surface area contributed by atoms with Crippen LogP contribution >= 0.6 is 11.6 Å². The van der Waals surface area contributed by atoms with Crippen LogP contribution in [0.2, 0.25) is 5.02 Å². The lowest BCUT2D eigenvalue weighted by molar-refractivity contribution is -0.132. The minimum atomic E-state index is 0.191. The molecule has 0 saturated carbocycles. The van der Waals surface area contributed by atoms with Gasteiger partial charge in [0, 0.05) is 55.2 Å². The average Bonchev–Trinajstić information content (AvgIpc) is 2.73. The van der Waals surface area contributed by atoms with Gasteiger partial charge in [-0.05, 0) is 43.5 Å². The summed E-state index contributed by atoms with van der Waals surface area (Å²) in [7, 11) is 0. The summed E-state index contributed by atoms with van der Waals surface area (Å²) in [5.74, 6) is 1.57. The summed E-state index contributed by atoms with van der Waals surface area (Å²) < 4.78 is 0. The molecule has 2 aliphatic rings. The lowest BCUT2D eigenvalue weighted by atomic mass is 9.98. The zero-order chi connectivity index (χ0) is 18.6. The summed E-state index contributed by atoms with van der Waals surface area (Å²) in [6.07, 6.45) is 6.35. The Balaban J connectivity index is 1.36. The van der Waals surface area contributed by atoms with Crippen molar-refractivity contribution in [1.29, 1.82) is 0 Å². The van der Waals surface area contributed by atoms with E-state index in [1.165, 1.54) is 6.42 Å². The van der Waals surface area contributed by atoms with Gasteiger partial charge in [0.2, 0.25) is 5.91 Å². The molecule has 2 aromatic rings. The van der Waals surface area contributed by atoms with Gasteiger partial charge in [-0.2, -0.15) is 0 Å². The minimum Gasteiger partial charge on any atom is -0.338 e. The number of piperidine rings is 1. The molecule has 1 N–H and O–H groups in total. The van der Waals surface area contributed by atoms with Crippen molar-refractivity contribution in [3.8, 4) is 0 Å². The first-order chi connectivity index (χ1) is 13.2. The van der Waals surface area contributed by atoms with Crippen LogP contribution < -0.4 is 5.32 Å². The number of nitrogens with one attached hydrogen (secondary N) is 1. The zero-order valence-electron chi connectivity index (χ0n) is 15.5. The van der Waals surface area contributed by atoms with Gasteiger partial charge in [0.25, 0.3) is 0 Å². The first-order valence-corrected chi connectivity index (χ1v) is 10.1. The van der Waals surface area contributed by atoms with Crippen LogP contribution in [-0.2, 0) is 24.2 Å². The third-order valence-corrected chi connectivity index (χ3v) is 5.76. The maximum Gasteiger partial charge on any atom is 0.223 e. The highest BCUT2D eigenvalue weighted by atomic mass is 35.5. The molecule has 0 spiro atoms. The van der Waals surface area contributed by atoms with Crippen molar-refractivity contribution < 1.29 is 4.79 Å². The Kier molecular flexibility index (Phi) is 5.69. The van der Waals surface area contributed by atoms with Gasteiger partial charge in [0.05, 0.1) is 5.69 Å². The number of nitrogens with zero attached hydrogens (tertiary/aromatic N) is 3. The van der Waals surface area contributed by atoms with Gasteiger partial charge < -0.3 is 10.2 Å². The molecule has 142 valence electrons. The number of hydrogen-bond donors (Lipinski definition) is 1. The molecule has 1 aromatic carbocycles. The Bertz CT molecular complexity index is 802. The molecule has 1 atom stereocenters. The van der Waals surface area contributed by atoms with Gasteiger partial charge in [0.1, 0.15) is 5.82 Å². The van der Waals surface area contributed by atoms with Crippen molar-refractivity contribution in [2.24, 2.45) is 0 Å². The van der Waals surface area contributed by atoms with Gasteiger partial charge in [-0.25, -0.2) is 9.97 Å². The highest BCUT2D eigenvalue weighted by molar-refractivity contribution is 6.30. The number of aromatic nitrogens is 2.